The molecule has 0 saturated carbocycles. The molecular weight excluding hydrogens is 482 g/mol. The molecule has 9 nitrogen and oxygen atoms in total. The van der Waals surface area contributed by atoms with E-state index in [-0.39, 0.29) is 37.7 Å². The Balaban J connectivity index is 1.28. The number of pyridine rings is 1. The van der Waals surface area contributed by atoms with E-state index in [2.05, 4.69) is 32.0 Å². The number of hydrogen-bond donors (Lipinski definition) is 3. The van der Waals surface area contributed by atoms with Crippen LogP contribution in [0.25, 0.3) is 11.3 Å². The van der Waals surface area contributed by atoms with Crippen LogP contribution in [0, 0.1) is 12.8 Å². The van der Waals surface area contributed by atoms with Crippen LogP contribution in [0.1, 0.15) is 23.4 Å². The molecule has 192 valence electrons. The average molecular weight is 509 g/mol. The third-order valence-corrected chi connectivity index (χ3v) is 6.91. The molecule has 0 aromatic carbocycles. The predicted molar refractivity (Wildman–Crippen MR) is 130 cm³/mol. The first-order valence-electron chi connectivity index (χ1n) is 12.0. The summed E-state index contributed by atoms with van der Waals surface area (Å²) in [5.41, 5.74) is 8.74. The number of halogens is 2. The Hall–Kier alpha value is -4.04. The van der Waals surface area contributed by atoms with E-state index in [1.165, 1.54) is 0 Å². The molecule has 2 unspecified atom stereocenters. The Morgan fingerprint density at radius 1 is 1.32 bits per heavy atom. The number of carboxylic acids is 1. The molecule has 0 spiro atoms. The number of aromatic amines is 1. The maximum atomic E-state index is 14.2. The van der Waals surface area contributed by atoms with Crippen molar-refractivity contribution in [3.63, 3.8) is 0 Å². The minimum absolute atomic E-state index is 0.121. The van der Waals surface area contributed by atoms with Gasteiger partial charge in [-0.2, -0.15) is 9.49 Å². The molecule has 2 amide bonds. The van der Waals surface area contributed by atoms with Crippen LogP contribution in [0.4, 0.5) is 13.6 Å². The van der Waals surface area contributed by atoms with Gasteiger partial charge in [0, 0.05) is 79.0 Å². The Morgan fingerprint density at radius 2 is 2.16 bits per heavy atom. The van der Waals surface area contributed by atoms with E-state index in [0.29, 0.717) is 19.5 Å². The zero-order chi connectivity index (χ0) is 26.1. The molecule has 2 aromatic heterocycles. The lowest BCUT2D eigenvalue weighted by atomic mass is 9.93. The highest BCUT2D eigenvalue weighted by atomic mass is 19.1. The number of nitrogens with one attached hydrogen (secondary N) is 2. The average Bonchev–Trinajstić information content (AvgIpc) is 3.29. The van der Waals surface area contributed by atoms with Gasteiger partial charge in [-0.05, 0) is 31.2 Å². The highest BCUT2D eigenvalue weighted by Crippen LogP contribution is 2.29. The van der Waals surface area contributed by atoms with Crippen molar-refractivity contribution < 1.29 is 23.5 Å². The fraction of sp³-hybridized carbons (Fsp3) is 0.385. The number of aromatic nitrogens is 3. The lowest BCUT2D eigenvalue weighted by Gasteiger charge is -2.38. The van der Waals surface area contributed by atoms with Gasteiger partial charge in [0.1, 0.15) is 5.83 Å². The second-order valence-corrected chi connectivity index (χ2v) is 9.55. The van der Waals surface area contributed by atoms with Crippen molar-refractivity contribution in [1.82, 2.24) is 30.3 Å². The number of urea groups is 1. The second-order valence-electron chi connectivity index (χ2n) is 9.55. The van der Waals surface area contributed by atoms with Crippen molar-refractivity contribution in [3.8, 4) is 11.3 Å². The molecule has 11 heteroatoms. The first kappa shape index (κ1) is 24.6. The lowest BCUT2D eigenvalue weighted by molar-refractivity contribution is -0.143. The summed E-state index contributed by atoms with van der Waals surface area (Å²) < 4.78 is 28.3. The molecule has 0 radical (unpaired) electrons. The number of nitrogens with zero attached hydrogens (tertiary/aromatic N) is 4. The number of likely N-dealkylation sites (tertiary alicyclic amines) is 1. The van der Waals surface area contributed by atoms with Gasteiger partial charge >= 0.3 is 12.0 Å². The number of aryl methyl sites for hydroxylation is 1. The fourth-order valence-corrected chi connectivity index (χ4v) is 5.07. The number of carbonyl (C=O) groups is 2. The van der Waals surface area contributed by atoms with Crippen molar-refractivity contribution in [1.29, 1.82) is 0 Å². The van der Waals surface area contributed by atoms with Crippen molar-refractivity contribution >= 4 is 12.0 Å². The SMILES string of the molecule is Cc1cc(-c2n[nH]c3c2CN(C(=O)NC2CC(C(=O)O)CN(CC4=C(F)C=C=C=C4F)C2)CC3)ccn1. The summed E-state index contributed by atoms with van der Waals surface area (Å²) in [4.78, 5) is 32.6. The number of allylic oxidation sites excluding steroid dienone is 2. The molecule has 37 heavy (non-hydrogen) atoms. The molecule has 5 rings (SSSR count). The summed E-state index contributed by atoms with van der Waals surface area (Å²) >= 11 is 0. The second kappa shape index (κ2) is 10.1. The smallest absolute Gasteiger partial charge is 0.317 e. The number of piperidine rings is 1. The van der Waals surface area contributed by atoms with Crippen molar-refractivity contribution in [2.45, 2.75) is 32.4 Å². The van der Waals surface area contributed by atoms with Gasteiger partial charge in [0.05, 0.1) is 18.2 Å². The number of amides is 2. The third kappa shape index (κ3) is 5.24. The number of fused-ring (bicyclic) bond motifs is 1. The van der Waals surface area contributed by atoms with Gasteiger partial charge in [-0.25, -0.2) is 9.18 Å². The summed E-state index contributed by atoms with van der Waals surface area (Å²) in [6.07, 6.45) is 3.55. The molecule has 0 bridgehead atoms. The monoisotopic (exact) mass is 508 g/mol. The zero-order valence-corrected chi connectivity index (χ0v) is 20.2. The zero-order valence-electron chi connectivity index (χ0n) is 20.2. The van der Waals surface area contributed by atoms with Crippen LogP contribution < -0.4 is 5.32 Å². The Bertz CT molecular complexity index is 1390. The maximum absolute atomic E-state index is 14.2. The quantitative estimate of drug-likeness (QED) is 0.535. The van der Waals surface area contributed by atoms with Gasteiger partial charge in [-0.15, -0.1) is 0 Å². The first-order chi connectivity index (χ1) is 17.8. The van der Waals surface area contributed by atoms with Crippen LogP contribution in [0.15, 0.2) is 53.1 Å². The Labute approximate surface area is 211 Å². The summed E-state index contributed by atoms with van der Waals surface area (Å²) in [5, 5.41) is 20.1. The van der Waals surface area contributed by atoms with E-state index in [0.717, 1.165) is 34.3 Å². The van der Waals surface area contributed by atoms with Crippen molar-refractivity contribution in [2.24, 2.45) is 5.92 Å². The standard InChI is InChI=1S/C26H26F2N6O3/c1-15-9-16(5-7-29-15)24-20-14-34(8-6-23(20)31-32-24)26(37)30-18-10-17(25(35)36)11-33(12-18)13-19-21(27)3-2-4-22(19)28/h3,5,7,9,17-18H,6,8,10-14H2,1H3,(H,30,37)(H,31,32)(H,35,36). The fourth-order valence-electron chi connectivity index (χ4n) is 5.07. The van der Waals surface area contributed by atoms with Crippen LogP contribution in [0.5, 0.6) is 0 Å². The van der Waals surface area contributed by atoms with Gasteiger partial charge < -0.3 is 15.3 Å². The topological polar surface area (TPSA) is 114 Å². The maximum Gasteiger partial charge on any atom is 0.317 e. The van der Waals surface area contributed by atoms with Crippen LogP contribution in [-0.4, -0.2) is 74.3 Å². The predicted octanol–water partition coefficient (Wildman–Crippen LogP) is 3.02. The Morgan fingerprint density at radius 3 is 2.92 bits per heavy atom. The summed E-state index contributed by atoms with van der Waals surface area (Å²) in [5.74, 6) is -3.43. The molecule has 2 atom stereocenters. The van der Waals surface area contributed by atoms with E-state index in [1.54, 1.807) is 16.0 Å². The summed E-state index contributed by atoms with van der Waals surface area (Å²) in [6, 6.07) is 2.99. The van der Waals surface area contributed by atoms with E-state index >= 15 is 0 Å². The minimum Gasteiger partial charge on any atom is -0.481 e. The number of hydrogen-bond acceptors (Lipinski definition) is 5. The van der Waals surface area contributed by atoms with Gasteiger partial charge in [0.15, 0.2) is 5.83 Å². The highest BCUT2D eigenvalue weighted by Gasteiger charge is 2.35. The van der Waals surface area contributed by atoms with Crippen molar-refractivity contribution in [2.75, 3.05) is 26.2 Å². The largest absolute Gasteiger partial charge is 0.481 e. The molecule has 2 aliphatic heterocycles. The third-order valence-electron chi connectivity index (χ3n) is 6.91. The number of aliphatic carboxylic acids is 1. The molecule has 1 fully saturated rings. The van der Waals surface area contributed by atoms with E-state index in [1.807, 2.05) is 19.1 Å². The summed E-state index contributed by atoms with van der Waals surface area (Å²) in [7, 11) is 0. The first-order valence-corrected chi connectivity index (χ1v) is 12.0. The number of carboxylic acid groups (broad SMARTS) is 1. The van der Waals surface area contributed by atoms with E-state index < -0.39 is 29.6 Å². The van der Waals surface area contributed by atoms with Gasteiger partial charge in [-0.3, -0.25) is 19.8 Å². The Kier molecular flexibility index (Phi) is 6.76. The van der Waals surface area contributed by atoms with Crippen molar-refractivity contribution in [3.05, 3.63) is 70.0 Å². The minimum atomic E-state index is -1.02. The van der Waals surface area contributed by atoms with Gasteiger partial charge in [-0.1, -0.05) is 5.73 Å². The molecular formula is C26H26F2N6O3. The molecule has 1 saturated heterocycles. The summed E-state index contributed by atoms with van der Waals surface area (Å²) in [6.45, 7) is 2.98. The van der Waals surface area contributed by atoms with Gasteiger partial charge in [0.2, 0.25) is 0 Å². The van der Waals surface area contributed by atoms with E-state index in [4.69, 9.17) is 0 Å². The molecule has 4 heterocycles. The van der Waals surface area contributed by atoms with Crippen LogP contribution >= 0.6 is 0 Å². The molecule has 1 aliphatic carbocycles. The molecule has 3 N–H and O–H groups in total. The lowest BCUT2D eigenvalue weighted by Crippen LogP contribution is -2.55. The number of H-pyrrole nitrogens is 1. The van der Waals surface area contributed by atoms with Crippen LogP contribution in [0.3, 0.4) is 0 Å². The normalized spacial score (nSPS) is 21.6. The van der Waals surface area contributed by atoms with Crippen LogP contribution in [-0.2, 0) is 17.8 Å². The van der Waals surface area contributed by atoms with E-state index in [9.17, 15) is 23.5 Å². The molecule has 2 aromatic rings. The highest BCUT2D eigenvalue weighted by molar-refractivity contribution is 5.76. The molecule has 3 aliphatic rings. The number of rotatable bonds is 5. The number of carbonyl (C=O) groups excluding carboxylic acids is 1. The van der Waals surface area contributed by atoms with Gasteiger partial charge in [0.25, 0.3) is 0 Å². The van der Waals surface area contributed by atoms with Crippen LogP contribution in [0.2, 0.25) is 0 Å².